The molecule has 0 aliphatic heterocycles. The summed E-state index contributed by atoms with van der Waals surface area (Å²) in [5.41, 5.74) is -0.724. The second kappa shape index (κ2) is 3.86. The van der Waals surface area contributed by atoms with Crippen LogP contribution in [0.2, 0.25) is 0 Å². The molecule has 0 saturated carbocycles. The van der Waals surface area contributed by atoms with Crippen molar-refractivity contribution in [1.29, 1.82) is 5.26 Å². The van der Waals surface area contributed by atoms with Crippen LogP contribution in [-0.4, -0.2) is 10.1 Å². The van der Waals surface area contributed by atoms with E-state index in [2.05, 4.69) is 11.1 Å². The quantitative estimate of drug-likeness (QED) is 0.805. The molecule has 1 rings (SSSR count). The van der Waals surface area contributed by atoms with Gasteiger partial charge in [0.1, 0.15) is 11.1 Å². The first-order valence-corrected chi connectivity index (χ1v) is 5.00. The summed E-state index contributed by atoms with van der Waals surface area (Å²) >= 11 is 1.38. The van der Waals surface area contributed by atoms with Crippen molar-refractivity contribution in [1.82, 2.24) is 4.98 Å². The fourth-order valence-electron chi connectivity index (χ4n) is 0.976. The highest BCUT2D eigenvalue weighted by Gasteiger charge is 2.33. The summed E-state index contributed by atoms with van der Waals surface area (Å²) in [5.74, 6) is 0. The average molecular weight is 196 g/mol. The molecule has 0 fully saturated rings. The number of aromatic nitrogens is 1. The third-order valence-electron chi connectivity index (χ3n) is 2.28. The maximum absolute atomic E-state index is 9.85. The van der Waals surface area contributed by atoms with Crippen molar-refractivity contribution in [3.63, 3.8) is 0 Å². The van der Waals surface area contributed by atoms with E-state index >= 15 is 0 Å². The zero-order valence-electron chi connectivity index (χ0n) is 7.69. The Kier molecular flexibility index (Phi) is 3.02. The lowest BCUT2D eigenvalue weighted by atomic mass is 9.83. The van der Waals surface area contributed by atoms with Crippen LogP contribution in [0.5, 0.6) is 0 Å². The zero-order valence-corrected chi connectivity index (χ0v) is 8.51. The SMILES string of the molecule is CCC(C)(C#N)C(O)c1nccs1. The van der Waals surface area contributed by atoms with E-state index in [9.17, 15) is 5.11 Å². The maximum atomic E-state index is 9.85. The number of aliphatic hydroxyl groups is 1. The summed E-state index contributed by atoms with van der Waals surface area (Å²) in [6.45, 7) is 3.64. The number of rotatable bonds is 3. The molecule has 0 radical (unpaired) electrons. The number of thiazole rings is 1. The first-order chi connectivity index (χ1) is 6.14. The van der Waals surface area contributed by atoms with Gasteiger partial charge < -0.3 is 5.11 Å². The third-order valence-corrected chi connectivity index (χ3v) is 3.11. The number of hydrogen-bond donors (Lipinski definition) is 1. The molecule has 0 aliphatic rings. The molecular weight excluding hydrogens is 184 g/mol. The average Bonchev–Trinajstić information content (AvgIpc) is 2.68. The van der Waals surface area contributed by atoms with Crippen molar-refractivity contribution in [2.45, 2.75) is 26.4 Å². The van der Waals surface area contributed by atoms with E-state index in [1.807, 2.05) is 6.92 Å². The molecule has 2 unspecified atom stereocenters. The number of nitriles is 1. The van der Waals surface area contributed by atoms with E-state index in [1.54, 1.807) is 18.5 Å². The Morgan fingerprint density at radius 3 is 2.92 bits per heavy atom. The number of aliphatic hydroxyl groups excluding tert-OH is 1. The highest BCUT2D eigenvalue weighted by molar-refractivity contribution is 7.09. The first kappa shape index (κ1) is 10.2. The van der Waals surface area contributed by atoms with Crippen LogP contribution in [0.25, 0.3) is 0 Å². The molecule has 0 amide bonds. The van der Waals surface area contributed by atoms with Crippen molar-refractivity contribution < 1.29 is 5.11 Å². The van der Waals surface area contributed by atoms with Crippen LogP contribution in [0.1, 0.15) is 31.4 Å². The maximum Gasteiger partial charge on any atom is 0.124 e. The normalized spacial score (nSPS) is 17.4. The third kappa shape index (κ3) is 1.87. The molecule has 4 heteroatoms. The van der Waals surface area contributed by atoms with Gasteiger partial charge in [0, 0.05) is 11.6 Å². The standard InChI is InChI=1S/C9H12N2OS/c1-3-9(2,6-10)7(12)8-11-4-5-13-8/h4-5,7,12H,3H2,1-2H3. The highest BCUT2D eigenvalue weighted by atomic mass is 32.1. The van der Waals surface area contributed by atoms with E-state index in [-0.39, 0.29) is 0 Å². The molecule has 13 heavy (non-hydrogen) atoms. The topological polar surface area (TPSA) is 56.9 Å². The molecule has 0 spiro atoms. The van der Waals surface area contributed by atoms with Gasteiger partial charge >= 0.3 is 0 Å². The predicted molar refractivity (Wildman–Crippen MR) is 51.1 cm³/mol. The predicted octanol–water partition coefficient (Wildman–Crippen LogP) is 2.12. The van der Waals surface area contributed by atoms with E-state index in [0.29, 0.717) is 11.4 Å². The Labute approximate surface area is 81.7 Å². The molecule has 1 aromatic heterocycles. The van der Waals surface area contributed by atoms with Gasteiger partial charge in [-0.3, -0.25) is 0 Å². The lowest BCUT2D eigenvalue weighted by Gasteiger charge is -2.24. The van der Waals surface area contributed by atoms with Crippen molar-refractivity contribution in [2.24, 2.45) is 5.41 Å². The lowest BCUT2D eigenvalue weighted by Crippen LogP contribution is -2.22. The Hall–Kier alpha value is -0.920. The summed E-state index contributed by atoms with van der Waals surface area (Å²) in [6, 6.07) is 2.13. The van der Waals surface area contributed by atoms with E-state index < -0.39 is 11.5 Å². The molecule has 0 saturated heterocycles. The second-order valence-electron chi connectivity index (χ2n) is 3.16. The number of hydrogen-bond acceptors (Lipinski definition) is 4. The fraction of sp³-hybridized carbons (Fsp3) is 0.556. The van der Waals surface area contributed by atoms with Gasteiger partial charge in [0.05, 0.1) is 11.5 Å². The van der Waals surface area contributed by atoms with E-state index in [1.165, 1.54) is 11.3 Å². The summed E-state index contributed by atoms with van der Waals surface area (Å²) in [5, 5.41) is 21.2. The van der Waals surface area contributed by atoms with Gasteiger partial charge in [-0.25, -0.2) is 4.98 Å². The van der Waals surface area contributed by atoms with E-state index in [0.717, 1.165) is 0 Å². The molecule has 0 aromatic carbocycles. The Bertz CT molecular complexity index is 304. The summed E-state index contributed by atoms with van der Waals surface area (Å²) in [6.07, 6.45) is 1.48. The molecular formula is C9H12N2OS. The van der Waals surface area contributed by atoms with Crippen LogP contribution in [0.4, 0.5) is 0 Å². The van der Waals surface area contributed by atoms with Crippen molar-refractivity contribution in [2.75, 3.05) is 0 Å². The van der Waals surface area contributed by atoms with Crippen LogP contribution < -0.4 is 0 Å². The lowest BCUT2D eigenvalue weighted by molar-refractivity contribution is 0.0720. The van der Waals surface area contributed by atoms with Crippen LogP contribution in [-0.2, 0) is 0 Å². The van der Waals surface area contributed by atoms with Gasteiger partial charge in [0.15, 0.2) is 0 Å². The molecule has 1 aromatic rings. The van der Waals surface area contributed by atoms with Crippen LogP contribution in [0, 0.1) is 16.7 Å². The minimum atomic E-state index is -0.775. The molecule has 1 N–H and O–H groups in total. The van der Waals surface area contributed by atoms with Gasteiger partial charge in [-0.1, -0.05) is 6.92 Å². The van der Waals surface area contributed by atoms with Gasteiger partial charge in [-0.05, 0) is 13.3 Å². The Balaban J connectivity index is 2.90. The van der Waals surface area contributed by atoms with Crippen LogP contribution >= 0.6 is 11.3 Å². The second-order valence-corrected chi connectivity index (χ2v) is 4.08. The minimum Gasteiger partial charge on any atom is -0.384 e. The van der Waals surface area contributed by atoms with Gasteiger partial charge in [-0.2, -0.15) is 5.26 Å². The molecule has 0 bridgehead atoms. The molecule has 3 nitrogen and oxygen atoms in total. The molecule has 2 atom stereocenters. The molecule has 1 heterocycles. The zero-order chi connectivity index (χ0) is 9.90. The highest BCUT2D eigenvalue weighted by Crippen LogP contribution is 2.36. The smallest absolute Gasteiger partial charge is 0.124 e. The van der Waals surface area contributed by atoms with Gasteiger partial charge in [0.25, 0.3) is 0 Å². The van der Waals surface area contributed by atoms with Gasteiger partial charge in [-0.15, -0.1) is 11.3 Å². The summed E-state index contributed by atoms with van der Waals surface area (Å²) in [7, 11) is 0. The summed E-state index contributed by atoms with van der Waals surface area (Å²) < 4.78 is 0. The van der Waals surface area contributed by atoms with Crippen LogP contribution in [0.15, 0.2) is 11.6 Å². The Morgan fingerprint density at radius 2 is 2.54 bits per heavy atom. The monoisotopic (exact) mass is 196 g/mol. The first-order valence-electron chi connectivity index (χ1n) is 4.12. The Morgan fingerprint density at radius 1 is 1.85 bits per heavy atom. The summed E-state index contributed by atoms with van der Waals surface area (Å²) in [4.78, 5) is 4.00. The largest absolute Gasteiger partial charge is 0.384 e. The van der Waals surface area contributed by atoms with E-state index in [4.69, 9.17) is 5.26 Å². The fourth-order valence-corrected chi connectivity index (χ4v) is 1.75. The number of nitrogens with zero attached hydrogens (tertiary/aromatic N) is 2. The minimum absolute atomic E-state index is 0.615. The van der Waals surface area contributed by atoms with Crippen molar-refractivity contribution >= 4 is 11.3 Å². The van der Waals surface area contributed by atoms with Crippen molar-refractivity contribution in [3.05, 3.63) is 16.6 Å². The van der Waals surface area contributed by atoms with Crippen molar-refractivity contribution in [3.8, 4) is 6.07 Å². The molecule has 0 aliphatic carbocycles. The van der Waals surface area contributed by atoms with Gasteiger partial charge in [0.2, 0.25) is 0 Å². The molecule has 70 valence electrons. The van der Waals surface area contributed by atoms with Crippen LogP contribution in [0.3, 0.4) is 0 Å².